The van der Waals surface area contributed by atoms with Gasteiger partial charge in [-0.2, -0.15) is 0 Å². The Morgan fingerprint density at radius 3 is 2.32 bits per heavy atom. The summed E-state index contributed by atoms with van der Waals surface area (Å²) in [5, 5.41) is 12.5. The summed E-state index contributed by atoms with van der Waals surface area (Å²) in [6.45, 7) is 7.97. The lowest BCUT2D eigenvalue weighted by Gasteiger charge is -2.28. The molecule has 106 valence electrons. The first kappa shape index (κ1) is 15.7. The van der Waals surface area contributed by atoms with E-state index in [0.717, 1.165) is 18.7 Å². The molecule has 0 aliphatic heterocycles. The van der Waals surface area contributed by atoms with Crippen molar-refractivity contribution < 1.29 is 9.90 Å². The van der Waals surface area contributed by atoms with Crippen molar-refractivity contribution in [2.75, 3.05) is 20.1 Å². The van der Waals surface area contributed by atoms with Crippen LogP contribution in [0.5, 0.6) is 0 Å². The molecular formula is C15H24N2O2. The minimum absolute atomic E-state index is 0.0737. The Hall–Kier alpha value is -1.39. The van der Waals surface area contributed by atoms with E-state index in [4.69, 9.17) is 0 Å². The van der Waals surface area contributed by atoms with Gasteiger partial charge >= 0.3 is 0 Å². The van der Waals surface area contributed by atoms with Crippen molar-refractivity contribution in [3.05, 3.63) is 35.4 Å². The number of nitrogens with one attached hydrogen (secondary N) is 1. The lowest BCUT2D eigenvalue weighted by molar-refractivity contribution is 0.0353. The van der Waals surface area contributed by atoms with Crippen molar-refractivity contribution in [3.63, 3.8) is 0 Å². The summed E-state index contributed by atoms with van der Waals surface area (Å²) in [6, 6.07) is 7.56. The number of likely N-dealkylation sites (N-methyl/N-ethyl adjacent to an activating group) is 1. The lowest BCUT2D eigenvalue weighted by Crippen LogP contribution is -2.38. The third kappa shape index (κ3) is 5.41. The zero-order chi connectivity index (χ0) is 14.5. The highest BCUT2D eigenvalue weighted by molar-refractivity contribution is 5.93. The first-order valence-electron chi connectivity index (χ1n) is 6.61. The fraction of sp³-hybridized carbons (Fsp3) is 0.533. The molecular weight excluding hydrogens is 240 g/mol. The van der Waals surface area contributed by atoms with E-state index in [2.05, 4.69) is 17.1 Å². The molecule has 4 heteroatoms. The summed E-state index contributed by atoms with van der Waals surface area (Å²) < 4.78 is 0. The molecule has 0 saturated heterocycles. The second-order valence-corrected chi connectivity index (χ2v) is 5.39. The fourth-order valence-corrected chi connectivity index (χ4v) is 1.99. The van der Waals surface area contributed by atoms with Crippen LogP contribution < -0.4 is 5.32 Å². The predicted molar refractivity (Wildman–Crippen MR) is 77.1 cm³/mol. The Balaban J connectivity index is 2.68. The molecule has 0 radical (unpaired) electrons. The molecule has 0 bridgehead atoms. The van der Waals surface area contributed by atoms with Gasteiger partial charge in [0.15, 0.2) is 0 Å². The van der Waals surface area contributed by atoms with Crippen LogP contribution in [0.4, 0.5) is 0 Å². The predicted octanol–water partition coefficient (Wildman–Crippen LogP) is 1.64. The van der Waals surface area contributed by atoms with Crippen LogP contribution in [-0.4, -0.2) is 41.7 Å². The smallest absolute Gasteiger partial charge is 0.251 e. The molecule has 0 aromatic heterocycles. The Morgan fingerprint density at radius 2 is 1.89 bits per heavy atom. The topological polar surface area (TPSA) is 52.6 Å². The molecule has 0 aliphatic rings. The first-order valence-corrected chi connectivity index (χ1v) is 6.61. The van der Waals surface area contributed by atoms with Crippen molar-refractivity contribution in [1.82, 2.24) is 10.2 Å². The van der Waals surface area contributed by atoms with Crippen molar-refractivity contribution in [1.29, 1.82) is 0 Å². The van der Waals surface area contributed by atoms with E-state index < -0.39 is 5.60 Å². The zero-order valence-corrected chi connectivity index (χ0v) is 12.2. The van der Waals surface area contributed by atoms with Gasteiger partial charge in [0.25, 0.3) is 5.91 Å². The van der Waals surface area contributed by atoms with Crippen LogP contribution in [0, 0.1) is 0 Å². The number of benzene rings is 1. The van der Waals surface area contributed by atoms with E-state index in [9.17, 15) is 9.90 Å². The minimum Gasteiger partial charge on any atom is -0.389 e. The van der Waals surface area contributed by atoms with Gasteiger partial charge in [-0.05, 0) is 38.1 Å². The molecule has 0 aliphatic carbocycles. The molecule has 0 atom stereocenters. The number of amides is 1. The zero-order valence-electron chi connectivity index (χ0n) is 12.2. The van der Waals surface area contributed by atoms with Crippen LogP contribution >= 0.6 is 0 Å². The second kappa shape index (κ2) is 6.68. The van der Waals surface area contributed by atoms with Gasteiger partial charge in [-0.25, -0.2) is 0 Å². The number of hydrogen-bond donors (Lipinski definition) is 2. The summed E-state index contributed by atoms with van der Waals surface area (Å²) in [5.74, 6) is -0.0737. The number of carbonyl (C=O) groups is 1. The second-order valence-electron chi connectivity index (χ2n) is 5.39. The number of hydrogen-bond acceptors (Lipinski definition) is 3. The number of aliphatic hydroxyl groups is 1. The van der Waals surface area contributed by atoms with E-state index in [1.165, 1.54) is 0 Å². The Kier molecular flexibility index (Phi) is 5.51. The van der Waals surface area contributed by atoms with E-state index in [1.54, 1.807) is 7.05 Å². The average molecular weight is 264 g/mol. The highest BCUT2D eigenvalue weighted by Gasteiger charge is 2.17. The van der Waals surface area contributed by atoms with Crippen molar-refractivity contribution in [2.24, 2.45) is 0 Å². The van der Waals surface area contributed by atoms with Gasteiger partial charge in [-0.1, -0.05) is 19.1 Å². The number of carbonyl (C=O) groups excluding carboxylic acids is 1. The molecule has 0 saturated carbocycles. The van der Waals surface area contributed by atoms with Gasteiger partial charge in [0, 0.05) is 25.7 Å². The maximum absolute atomic E-state index is 11.4. The lowest BCUT2D eigenvalue weighted by atomic mass is 10.1. The van der Waals surface area contributed by atoms with Gasteiger partial charge in [0.1, 0.15) is 0 Å². The van der Waals surface area contributed by atoms with E-state index >= 15 is 0 Å². The number of nitrogens with zero attached hydrogens (tertiary/aromatic N) is 1. The van der Waals surface area contributed by atoms with Crippen LogP contribution in [0.25, 0.3) is 0 Å². The summed E-state index contributed by atoms with van der Waals surface area (Å²) in [7, 11) is 1.62. The molecule has 4 nitrogen and oxygen atoms in total. The number of rotatable bonds is 6. The summed E-state index contributed by atoms with van der Waals surface area (Å²) >= 11 is 0. The summed E-state index contributed by atoms with van der Waals surface area (Å²) in [5.41, 5.74) is 1.11. The Bertz CT molecular complexity index is 407. The standard InChI is InChI=1S/C15H24N2O2/c1-5-17(11-15(2,3)19)10-12-6-8-13(9-7-12)14(18)16-4/h6-9,19H,5,10-11H2,1-4H3,(H,16,18). The van der Waals surface area contributed by atoms with Crippen molar-refractivity contribution in [2.45, 2.75) is 32.9 Å². The Labute approximate surface area is 115 Å². The maximum atomic E-state index is 11.4. The van der Waals surface area contributed by atoms with E-state index in [0.29, 0.717) is 12.1 Å². The molecule has 0 unspecified atom stereocenters. The van der Waals surface area contributed by atoms with Crippen LogP contribution in [0.2, 0.25) is 0 Å². The summed E-state index contributed by atoms with van der Waals surface area (Å²) in [6.07, 6.45) is 0. The molecule has 1 aromatic rings. The van der Waals surface area contributed by atoms with Crippen molar-refractivity contribution in [3.8, 4) is 0 Å². The normalized spacial score (nSPS) is 11.7. The largest absolute Gasteiger partial charge is 0.389 e. The molecule has 2 N–H and O–H groups in total. The SMILES string of the molecule is CCN(Cc1ccc(C(=O)NC)cc1)CC(C)(C)O. The van der Waals surface area contributed by atoms with Crippen LogP contribution in [-0.2, 0) is 6.54 Å². The van der Waals surface area contributed by atoms with Gasteiger partial charge in [0.05, 0.1) is 5.60 Å². The van der Waals surface area contributed by atoms with Crippen LogP contribution in [0.1, 0.15) is 36.7 Å². The van der Waals surface area contributed by atoms with E-state index in [1.807, 2.05) is 38.1 Å². The van der Waals surface area contributed by atoms with Gasteiger partial charge in [-0.3, -0.25) is 9.69 Å². The molecule has 0 spiro atoms. The molecule has 1 aromatic carbocycles. The molecule has 1 rings (SSSR count). The minimum atomic E-state index is -0.696. The van der Waals surface area contributed by atoms with Gasteiger partial charge < -0.3 is 10.4 Å². The molecule has 0 heterocycles. The van der Waals surface area contributed by atoms with E-state index in [-0.39, 0.29) is 5.91 Å². The molecule has 1 amide bonds. The maximum Gasteiger partial charge on any atom is 0.251 e. The highest BCUT2D eigenvalue weighted by Crippen LogP contribution is 2.11. The Morgan fingerprint density at radius 1 is 1.32 bits per heavy atom. The third-order valence-electron chi connectivity index (χ3n) is 2.91. The summed E-state index contributed by atoms with van der Waals surface area (Å²) in [4.78, 5) is 13.6. The quantitative estimate of drug-likeness (QED) is 0.821. The average Bonchev–Trinajstić information content (AvgIpc) is 2.36. The first-order chi connectivity index (χ1) is 8.85. The third-order valence-corrected chi connectivity index (χ3v) is 2.91. The van der Waals surface area contributed by atoms with Crippen LogP contribution in [0.3, 0.4) is 0 Å². The van der Waals surface area contributed by atoms with Gasteiger partial charge in [-0.15, -0.1) is 0 Å². The molecule has 19 heavy (non-hydrogen) atoms. The molecule has 0 fully saturated rings. The monoisotopic (exact) mass is 264 g/mol. The van der Waals surface area contributed by atoms with Crippen LogP contribution in [0.15, 0.2) is 24.3 Å². The highest BCUT2D eigenvalue weighted by atomic mass is 16.3. The van der Waals surface area contributed by atoms with Gasteiger partial charge in [0.2, 0.25) is 0 Å². The fourth-order valence-electron chi connectivity index (χ4n) is 1.99. The van der Waals surface area contributed by atoms with Crippen molar-refractivity contribution >= 4 is 5.91 Å².